The zero-order valence-corrected chi connectivity index (χ0v) is 8.14. The summed E-state index contributed by atoms with van der Waals surface area (Å²) in [5.41, 5.74) is 5.39. The monoisotopic (exact) mass is 198 g/mol. The van der Waals surface area contributed by atoms with Crippen LogP contribution in [0.1, 0.15) is 12.8 Å². The maximum atomic E-state index is 5.39. The summed E-state index contributed by atoms with van der Waals surface area (Å²) in [6.45, 7) is 4.52. The predicted octanol–water partition coefficient (Wildman–Crippen LogP) is -0.247. The Labute approximate surface area is 82.0 Å². The van der Waals surface area contributed by atoms with Crippen LogP contribution in [0.3, 0.4) is 0 Å². The molecule has 0 saturated carbocycles. The van der Waals surface area contributed by atoms with E-state index in [2.05, 4.69) is 17.1 Å². The van der Waals surface area contributed by atoms with Crippen molar-refractivity contribution in [1.82, 2.24) is 10.2 Å². The van der Waals surface area contributed by atoms with E-state index in [0.29, 0.717) is 25.1 Å². The minimum atomic E-state index is 0.273. The van der Waals surface area contributed by atoms with Crippen molar-refractivity contribution in [3.8, 4) is 0 Å². The predicted molar refractivity (Wildman–Crippen MR) is 49.8 cm³/mol. The Hall–Kier alpha value is -1.14. The standard InChI is InChI=1S/C8H14N4O2/c1-6-5-13-3-2-12(6)8-11-10-7(4-9)14-8/h6H,2-5,9H2,1H3. The van der Waals surface area contributed by atoms with Crippen LogP contribution in [-0.4, -0.2) is 36.0 Å². The van der Waals surface area contributed by atoms with E-state index in [1.54, 1.807) is 0 Å². The number of ether oxygens (including phenoxy) is 1. The Morgan fingerprint density at radius 1 is 1.57 bits per heavy atom. The van der Waals surface area contributed by atoms with Crippen LogP contribution in [0.25, 0.3) is 0 Å². The first-order valence-corrected chi connectivity index (χ1v) is 4.68. The summed E-state index contributed by atoms with van der Waals surface area (Å²) in [7, 11) is 0. The van der Waals surface area contributed by atoms with Gasteiger partial charge >= 0.3 is 6.01 Å². The minimum absolute atomic E-state index is 0.273. The van der Waals surface area contributed by atoms with Crippen LogP contribution in [0.5, 0.6) is 0 Å². The molecule has 0 bridgehead atoms. The lowest BCUT2D eigenvalue weighted by Gasteiger charge is -2.31. The molecule has 1 unspecified atom stereocenters. The third-order valence-electron chi connectivity index (χ3n) is 2.24. The van der Waals surface area contributed by atoms with Crippen LogP contribution in [0.2, 0.25) is 0 Å². The van der Waals surface area contributed by atoms with E-state index in [0.717, 1.165) is 6.54 Å². The summed E-state index contributed by atoms with van der Waals surface area (Å²) in [5, 5.41) is 7.75. The lowest BCUT2D eigenvalue weighted by atomic mass is 10.3. The highest BCUT2D eigenvalue weighted by atomic mass is 16.5. The largest absolute Gasteiger partial charge is 0.407 e. The van der Waals surface area contributed by atoms with E-state index in [-0.39, 0.29) is 12.6 Å². The van der Waals surface area contributed by atoms with Gasteiger partial charge in [0.25, 0.3) is 0 Å². The molecule has 0 amide bonds. The van der Waals surface area contributed by atoms with Crippen molar-refractivity contribution in [2.75, 3.05) is 24.7 Å². The molecule has 1 atom stereocenters. The molecule has 2 N–H and O–H groups in total. The molecule has 0 aromatic carbocycles. The first-order chi connectivity index (χ1) is 6.81. The summed E-state index contributed by atoms with van der Waals surface area (Å²) in [5.74, 6) is 0.471. The Morgan fingerprint density at radius 3 is 3.07 bits per heavy atom. The number of nitrogens with zero attached hydrogens (tertiary/aromatic N) is 3. The third kappa shape index (κ3) is 1.71. The van der Waals surface area contributed by atoms with Gasteiger partial charge in [0.2, 0.25) is 5.89 Å². The molecule has 1 saturated heterocycles. The molecule has 0 aliphatic carbocycles. The first-order valence-electron chi connectivity index (χ1n) is 4.68. The van der Waals surface area contributed by atoms with Crippen LogP contribution in [0, 0.1) is 0 Å². The topological polar surface area (TPSA) is 77.4 Å². The van der Waals surface area contributed by atoms with Gasteiger partial charge in [0, 0.05) is 6.54 Å². The van der Waals surface area contributed by atoms with Crippen LogP contribution < -0.4 is 10.6 Å². The molecule has 1 fully saturated rings. The van der Waals surface area contributed by atoms with Gasteiger partial charge in [-0.2, -0.15) is 0 Å². The lowest BCUT2D eigenvalue weighted by molar-refractivity contribution is 0.0960. The number of anilines is 1. The molecule has 2 rings (SSSR count). The highest BCUT2D eigenvalue weighted by molar-refractivity contribution is 5.26. The van der Waals surface area contributed by atoms with Crippen LogP contribution >= 0.6 is 0 Å². The number of morpholine rings is 1. The Balaban J connectivity index is 2.12. The van der Waals surface area contributed by atoms with Crippen molar-refractivity contribution >= 4 is 6.01 Å². The fraction of sp³-hybridized carbons (Fsp3) is 0.750. The zero-order chi connectivity index (χ0) is 9.97. The number of rotatable bonds is 2. The van der Waals surface area contributed by atoms with Gasteiger partial charge in [-0.3, -0.25) is 0 Å². The average molecular weight is 198 g/mol. The van der Waals surface area contributed by atoms with E-state index in [4.69, 9.17) is 14.9 Å². The quantitative estimate of drug-likeness (QED) is 0.706. The van der Waals surface area contributed by atoms with Gasteiger partial charge in [0.15, 0.2) is 0 Å². The van der Waals surface area contributed by atoms with Crippen LogP contribution in [0.4, 0.5) is 6.01 Å². The van der Waals surface area contributed by atoms with Crippen LogP contribution in [-0.2, 0) is 11.3 Å². The molecule has 0 radical (unpaired) electrons. The Bertz CT molecular complexity index is 301. The molecular weight excluding hydrogens is 184 g/mol. The summed E-state index contributed by atoms with van der Waals surface area (Å²) in [4.78, 5) is 2.04. The van der Waals surface area contributed by atoms with E-state index in [1.165, 1.54) is 0 Å². The second-order valence-corrected chi connectivity index (χ2v) is 3.30. The highest BCUT2D eigenvalue weighted by Gasteiger charge is 2.23. The van der Waals surface area contributed by atoms with Gasteiger partial charge in [0.05, 0.1) is 25.8 Å². The van der Waals surface area contributed by atoms with E-state index < -0.39 is 0 Å². The van der Waals surface area contributed by atoms with Gasteiger partial charge in [-0.1, -0.05) is 5.10 Å². The molecule has 14 heavy (non-hydrogen) atoms. The van der Waals surface area contributed by atoms with Gasteiger partial charge in [0.1, 0.15) is 0 Å². The molecule has 0 spiro atoms. The second-order valence-electron chi connectivity index (χ2n) is 3.30. The fourth-order valence-corrected chi connectivity index (χ4v) is 1.45. The van der Waals surface area contributed by atoms with E-state index in [1.807, 2.05) is 4.90 Å². The number of hydrogen-bond acceptors (Lipinski definition) is 6. The molecule has 1 aromatic heterocycles. The van der Waals surface area contributed by atoms with Gasteiger partial charge in [-0.15, -0.1) is 5.10 Å². The zero-order valence-electron chi connectivity index (χ0n) is 8.14. The maximum absolute atomic E-state index is 5.39. The van der Waals surface area contributed by atoms with Gasteiger partial charge < -0.3 is 19.8 Å². The van der Waals surface area contributed by atoms with E-state index in [9.17, 15) is 0 Å². The molecule has 1 aliphatic rings. The molecule has 1 aromatic rings. The molecule has 6 nitrogen and oxygen atoms in total. The fourth-order valence-electron chi connectivity index (χ4n) is 1.45. The maximum Gasteiger partial charge on any atom is 0.318 e. The normalized spacial score (nSPS) is 22.7. The highest BCUT2D eigenvalue weighted by Crippen LogP contribution is 2.17. The number of nitrogens with two attached hydrogens (primary N) is 1. The summed E-state index contributed by atoms with van der Waals surface area (Å²) in [6, 6.07) is 0.816. The second kappa shape index (κ2) is 3.93. The molecule has 78 valence electrons. The summed E-state index contributed by atoms with van der Waals surface area (Å²) in [6.07, 6.45) is 0. The average Bonchev–Trinajstić information content (AvgIpc) is 2.67. The van der Waals surface area contributed by atoms with Crippen molar-refractivity contribution < 1.29 is 9.15 Å². The number of hydrogen-bond donors (Lipinski definition) is 1. The van der Waals surface area contributed by atoms with E-state index >= 15 is 0 Å². The van der Waals surface area contributed by atoms with Crippen molar-refractivity contribution in [1.29, 1.82) is 0 Å². The first kappa shape index (κ1) is 9.42. The molecule has 2 heterocycles. The molecular formula is C8H14N4O2. The third-order valence-corrected chi connectivity index (χ3v) is 2.24. The smallest absolute Gasteiger partial charge is 0.318 e. The minimum Gasteiger partial charge on any atom is -0.407 e. The Morgan fingerprint density at radius 2 is 2.43 bits per heavy atom. The van der Waals surface area contributed by atoms with Crippen LogP contribution in [0.15, 0.2) is 4.42 Å². The summed E-state index contributed by atoms with van der Waals surface area (Å²) >= 11 is 0. The van der Waals surface area contributed by atoms with Gasteiger partial charge in [-0.25, -0.2) is 0 Å². The lowest BCUT2D eigenvalue weighted by Crippen LogP contribution is -2.43. The SMILES string of the molecule is CC1COCCN1c1nnc(CN)o1. The van der Waals surface area contributed by atoms with Crippen molar-refractivity contribution in [2.24, 2.45) is 5.73 Å². The number of aromatic nitrogens is 2. The van der Waals surface area contributed by atoms with Gasteiger partial charge in [-0.05, 0) is 6.92 Å². The molecule has 1 aliphatic heterocycles. The van der Waals surface area contributed by atoms with Crippen molar-refractivity contribution in [2.45, 2.75) is 19.5 Å². The van der Waals surface area contributed by atoms with Crippen molar-refractivity contribution in [3.05, 3.63) is 5.89 Å². The molecule has 6 heteroatoms. The van der Waals surface area contributed by atoms with Crippen molar-refractivity contribution in [3.63, 3.8) is 0 Å². The summed E-state index contributed by atoms with van der Waals surface area (Å²) < 4.78 is 10.7. The Kier molecular flexibility index (Phi) is 2.64.